The molecular formula is C18H18OS. The number of aliphatic hydroxyl groups is 1. The quantitative estimate of drug-likeness (QED) is 0.717. The second-order valence-electron chi connectivity index (χ2n) is 5.47. The largest absolute Gasteiger partial charge is 0.380 e. The highest BCUT2D eigenvalue weighted by Crippen LogP contribution is 2.38. The number of fused-ring (bicyclic) bond motifs is 1. The van der Waals surface area contributed by atoms with Crippen LogP contribution in [0, 0.1) is 13.8 Å². The Kier molecular flexibility index (Phi) is 3.15. The lowest BCUT2D eigenvalue weighted by atomic mass is 9.88. The van der Waals surface area contributed by atoms with Gasteiger partial charge in [-0.15, -0.1) is 11.3 Å². The van der Waals surface area contributed by atoms with E-state index in [1.54, 1.807) is 11.3 Å². The van der Waals surface area contributed by atoms with E-state index >= 15 is 0 Å². The summed E-state index contributed by atoms with van der Waals surface area (Å²) in [6.07, 6.45) is 0. The highest BCUT2D eigenvalue weighted by Gasteiger charge is 2.29. The Hall–Kier alpha value is -1.64. The van der Waals surface area contributed by atoms with Crippen LogP contribution >= 0.6 is 11.3 Å². The first-order valence-electron chi connectivity index (χ1n) is 6.78. The van der Waals surface area contributed by atoms with Crippen molar-refractivity contribution in [1.29, 1.82) is 0 Å². The highest BCUT2D eigenvalue weighted by atomic mass is 32.1. The third-order valence-electron chi connectivity index (χ3n) is 4.03. The Morgan fingerprint density at radius 2 is 1.75 bits per heavy atom. The van der Waals surface area contributed by atoms with Gasteiger partial charge in [0, 0.05) is 9.58 Å². The van der Waals surface area contributed by atoms with Crippen LogP contribution in [0.1, 0.15) is 28.5 Å². The molecule has 2 aromatic carbocycles. The van der Waals surface area contributed by atoms with Crippen molar-refractivity contribution in [2.75, 3.05) is 0 Å². The fourth-order valence-corrected chi connectivity index (χ4v) is 3.76. The third-order valence-corrected chi connectivity index (χ3v) is 5.36. The molecule has 102 valence electrons. The van der Waals surface area contributed by atoms with E-state index in [-0.39, 0.29) is 0 Å². The molecule has 0 fully saturated rings. The molecule has 0 aliphatic carbocycles. The van der Waals surface area contributed by atoms with Crippen molar-refractivity contribution in [2.45, 2.75) is 26.4 Å². The third kappa shape index (κ3) is 2.05. The Bertz CT molecular complexity index is 735. The number of benzene rings is 2. The van der Waals surface area contributed by atoms with E-state index in [2.05, 4.69) is 38.1 Å². The molecule has 0 amide bonds. The summed E-state index contributed by atoms with van der Waals surface area (Å²) in [6.45, 7) is 6.05. The number of hydrogen-bond donors (Lipinski definition) is 1. The SMILES string of the molecule is Cc1cccc(C(C)(O)c2cc3ccccc3s2)c1C. The predicted molar refractivity (Wildman–Crippen MR) is 86.4 cm³/mol. The van der Waals surface area contributed by atoms with Gasteiger partial charge in [-0.25, -0.2) is 0 Å². The van der Waals surface area contributed by atoms with Crippen LogP contribution < -0.4 is 0 Å². The second kappa shape index (κ2) is 4.72. The molecule has 0 spiro atoms. The standard InChI is InChI=1S/C18H18OS/c1-12-7-6-9-15(13(12)2)18(3,19)17-11-14-8-4-5-10-16(14)20-17/h4-11,19H,1-3H3. The second-order valence-corrected chi connectivity index (χ2v) is 6.55. The molecule has 3 aromatic rings. The smallest absolute Gasteiger partial charge is 0.121 e. The van der Waals surface area contributed by atoms with Crippen molar-refractivity contribution in [3.8, 4) is 0 Å². The summed E-state index contributed by atoms with van der Waals surface area (Å²) in [7, 11) is 0. The fraction of sp³-hybridized carbons (Fsp3) is 0.222. The molecule has 1 atom stereocenters. The Morgan fingerprint density at radius 1 is 1.00 bits per heavy atom. The van der Waals surface area contributed by atoms with Gasteiger partial charge in [0.25, 0.3) is 0 Å². The van der Waals surface area contributed by atoms with Gasteiger partial charge in [0.05, 0.1) is 0 Å². The maximum absolute atomic E-state index is 11.1. The predicted octanol–water partition coefficient (Wildman–Crippen LogP) is 4.77. The monoisotopic (exact) mass is 282 g/mol. The fourth-order valence-electron chi connectivity index (χ4n) is 2.63. The highest BCUT2D eigenvalue weighted by molar-refractivity contribution is 7.19. The molecule has 1 aromatic heterocycles. The molecule has 2 heteroatoms. The van der Waals surface area contributed by atoms with Gasteiger partial charge in [0.15, 0.2) is 0 Å². The first kappa shape index (κ1) is 13.3. The summed E-state index contributed by atoms with van der Waals surface area (Å²) < 4.78 is 1.22. The zero-order chi connectivity index (χ0) is 14.3. The van der Waals surface area contributed by atoms with Crippen molar-refractivity contribution >= 4 is 21.4 Å². The van der Waals surface area contributed by atoms with Crippen LogP contribution in [0.15, 0.2) is 48.5 Å². The van der Waals surface area contributed by atoms with Crippen molar-refractivity contribution in [1.82, 2.24) is 0 Å². The van der Waals surface area contributed by atoms with Gasteiger partial charge in [0.2, 0.25) is 0 Å². The maximum Gasteiger partial charge on any atom is 0.121 e. The van der Waals surface area contributed by atoms with Crippen LogP contribution in [0.4, 0.5) is 0 Å². The van der Waals surface area contributed by atoms with Gasteiger partial charge >= 0.3 is 0 Å². The lowest BCUT2D eigenvalue weighted by molar-refractivity contribution is 0.105. The molecular weight excluding hydrogens is 264 g/mol. The van der Waals surface area contributed by atoms with Gasteiger partial charge in [0.1, 0.15) is 5.60 Å². The molecule has 0 saturated heterocycles. The molecule has 1 unspecified atom stereocenters. The molecule has 0 radical (unpaired) electrons. The summed E-state index contributed by atoms with van der Waals surface area (Å²) in [4.78, 5) is 0.993. The van der Waals surface area contributed by atoms with Gasteiger partial charge in [-0.2, -0.15) is 0 Å². The Labute approximate surface area is 123 Å². The minimum Gasteiger partial charge on any atom is -0.380 e. The van der Waals surface area contributed by atoms with Crippen molar-refractivity contribution in [3.05, 3.63) is 70.1 Å². The Morgan fingerprint density at radius 3 is 2.50 bits per heavy atom. The average molecular weight is 282 g/mol. The number of thiophene rings is 1. The zero-order valence-corrected chi connectivity index (χ0v) is 12.8. The molecule has 20 heavy (non-hydrogen) atoms. The Balaban J connectivity index is 2.17. The van der Waals surface area contributed by atoms with E-state index in [1.165, 1.54) is 15.6 Å². The first-order valence-corrected chi connectivity index (χ1v) is 7.60. The summed E-state index contributed by atoms with van der Waals surface area (Å²) in [5.41, 5.74) is 2.42. The van der Waals surface area contributed by atoms with Crippen LogP contribution in [0.5, 0.6) is 0 Å². The molecule has 0 saturated carbocycles. The molecule has 0 bridgehead atoms. The van der Waals surface area contributed by atoms with E-state index < -0.39 is 5.60 Å². The summed E-state index contributed by atoms with van der Waals surface area (Å²) >= 11 is 1.66. The zero-order valence-electron chi connectivity index (χ0n) is 12.0. The van der Waals surface area contributed by atoms with Crippen LogP contribution in [-0.2, 0) is 5.60 Å². The van der Waals surface area contributed by atoms with Crippen LogP contribution in [0.3, 0.4) is 0 Å². The summed E-state index contributed by atoms with van der Waals surface area (Å²) in [5, 5.41) is 12.3. The van der Waals surface area contributed by atoms with Crippen molar-refractivity contribution in [3.63, 3.8) is 0 Å². The maximum atomic E-state index is 11.1. The van der Waals surface area contributed by atoms with Crippen molar-refractivity contribution < 1.29 is 5.11 Å². The van der Waals surface area contributed by atoms with Gasteiger partial charge in [-0.3, -0.25) is 0 Å². The van der Waals surface area contributed by atoms with E-state index in [1.807, 2.05) is 31.2 Å². The summed E-state index contributed by atoms with van der Waals surface area (Å²) in [6, 6.07) is 16.5. The molecule has 1 heterocycles. The van der Waals surface area contributed by atoms with Crippen molar-refractivity contribution in [2.24, 2.45) is 0 Å². The molecule has 0 aliphatic heterocycles. The average Bonchev–Trinajstić information content (AvgIpc) is 2.86. The number of hydrogen-bond acceptors (Lipinski definition) is 2. The summed E-state index contributed by atoms with van der Waals surface area (Å²) in [5.74, 6) is 0. The van der Waals surface area contributed by atoms with E-state index in [9.17, 15) is 5.11 Å². The minimum atomic E-state index is -0.945. The molecule has 1 N–H and O–H groups in total. The lowest BCUT2D eigenvalue weighted by Crippen LogP contribution is -2.22. The lowest BCUT2D eigenvalue weighted by Gasteiger charge is -2.25. The normalized spacial score (nSPS) is 14.4. The van der Waals surface area contributed by atoms with Crippen LogP contribution in [0.25, 0.3) is 10.1 Å². The molecule has 1 nitrogen and oxygen atoms in total. The van der Waals surface area contributed by atoms with Gasteiger partial charge in [-0.05, 0) is 55.0 Å². The van der Waals surface area contributed by atoms with Crippen LogP contribution in [0.2, 0.25) is 0 Å². The minimum absolute atomic E-state index is 0.945. The molecule has 3 rings (SSSR count). The van der Waals surface area contributed by atoms with E-state index in [0.29, 0.717) is 0 Å². The first-order chi connectivity index (χ1) is 9.50. The number of rotatable bonds is 2. The molecule has 0 aliphatic rings. The van der Waals surface area contributed by atoms with Gasteiger partial charge in [-0.1, -0.05) is 36.4 Å². The van der Waals surface area contributed by atoms with Gasteiger partial charge < -0.3 is 5.11 Å². The number of aryl methyl sites for hydroxylation is 1. The van der Waals surface area contributed by atoms with E-state index in [0.717, 1.165) is 16.0 Å². The van der Waals surface area contributed by atoms with E-state index in [4.69, 9.17) is 0 Å². The van der Waals surface area contributed by atoms with Crippen LogP contribution in [-0.4, -0.2) is 5.11 Å². The topological polar surface area (TPSA) is 20.2 Å².